The van der Waals surface area contributed by atoms with Crippen molar-refractivity contribution in [3.8, 4) is 5.75 Å². The van der Waals surface area contributed by atoms with E-state index in [0.29, 0.717) is 30.2 Å². The van der Waals surface area contributed by atoms with Gasteiger partial charge in [-0.1, -0.05) is 22.2 Å². The second-order valence-corrected chi connectivity index (χ2v) is 6.85. The van der Waals surface area contributed by atoms with E-state index in [1.165, 1.54) is 10.9 Å². The van der Waals surface area contributed by atoms with E-state index in [2.05, 4.69) is 20.6 Å². The second kappa shape index (κ2) is 8.27. The van der Waals surface area contributed by atoms with Crippen molar-refractivity contribution < 1.29 is 14.0 Å². The Labute approximate surface area is 175 Å². The lowest BCUT2D eigenvalue weighted by Gasteiger charge is -2.06. The topological polar surface area (TPSA) is 110 Å². The SMILES string of the molecule is O=c1ccc2ccc(OCCCn3cc(COn4nnc5ccccc54)nn3)cc2o1. The fraction of sp³-hybridized carbons (Fsp3) is 0.190. The summed E-state index contributed by atoms with van der Waals surface area (Å²) >= 11 is 0. The van der Waals surface area contributed by atoms with Gasteiger partial charge in [0, 0.05) is 30.5 Å². The van der Waals surface area contributed by atoms with Gasteiger partial charge in [0.2, 0.25) is 0 Å². The highest BCUT2D eigenvalue weighted by Crippen LogP contribution is 2.19. The Kier molecular flexibility index (Phi) is 5.01. The zero-order chi connectivity index (χ0) is 21.0. The van der Waals surface area contributed by atoms with E-state index in [4.69, 9.17) is 14.0 Å². The molecule has 3 aromatic heterocycles. The molecule has 0 atom stereocenters. The molecule has 2 aromatic carbocycles. The van der Waals surface area contributed by atoms with Gasteiger partial charge in [-0.05, 0) is 35.5 Å². The molecule has 3 heterocycles. The molecule has 0 amide bonds. The van der Waals surface area contributed by atoms with Crippen LogP contribution in [0.3, 0.4) is 0 Å². The summed E-state index contributed by atoms with van der Waals surface area (Å²) in [5.41, 5.74) is 2.36. The van der Waals surface area contributed by atoms with Crippen LogP contribution in [0.15, 0.2) is 70.0 Å². The first-order valence-electron chi connectivity index (χ1n) is 9.74. The average Bonchev–Trinajstić information content (AvgIpc) is 3.42. The van der Waals surface area contributed by atoms with Crippen LogP contribution in [0, 0.1) is 0 Å². The largest absolute Gasteiger partial charge is 0.493 e. The maximum Gasteiger partial charge on any atom is 0.336 e. The maximum atomic E-state index is 11.3. The number of hydrogen-bond acceptors (Lipinski definition) is 8. The standard InChI is InChI=1S/C21H18N6O4/c28-21-9-7-15-6-8-17(12-20(15)31-21)29-11-3-10-26-13-16(22-24-26)14-30-27-19-5-2-1-4-18(19)23-25-27/h1-2,4-9,12-13H,3,10-11,14H2. The van der Waals surface area contributed by atoms with Crippen LogP contribution in [-0.2, 0) is 13.2 Å². The van der Waals surface area contributed by atoms with Crippen molar-refractivity contribution in [2.45, 2.75) is 19.6 Å². The number of benzene rings is 2. The molecule has 10 heteroatoms. The molecular formula is C21H18N6O4. The molecule has 5 rings (SSSR count). The Morgan fingerprint density at radius 2 is 1.90 bits per heavy atom. The summed E-state index contributed by atoms with van der Waals surface area (Å²) in [6, 6.07) is 16.1. The Morgan fingerprint density at radius 1 is 1.00 bits per heavy atom. The highest BCUT2D eigenvalue weighted by molar-refractivity contribution is 5.77. The lowest BCUT2D eigenvalue weighted by molar-refractivity contribution is 0.0731. The number of fused-ring (bicyclic) bond motifs is 2. The van der Waals surface area contributed by atoms with Gasteiger partial charge in [-0.3, -0.25) is 4.68 Å². The van der Waals surface area contributed by atoms with E-state index in [0.717, 1.165) is 22.8 Å². The third-order valence-electron chi connectivity index (χ3n) is 4.64. The van der Waals surface area contributed by atoms with Gasteiger partial charge >= 0.3 is 5.63 Å². The number of para-hydroxylation sites is 1. The number of aromatic nitrogens is 6. The van der Waals surface area contributed by atoms with Gasteiger partial charge in [0.25, 0.3) is 0 Å². The third-order valence-corrected chi connectivity index (χ3v) is 4.64. The van der Waals surface area contributed by atoms with Crippen LogP contribution in [0.4, 0.5) is 0 Å². The van der Waals surface area contributed by atoms with Gasteiger partial charge in [0.1, 0.15) is 28.1 Å². The van der Waals surface area contributed by atoms with Gasteiger partial charge in [-0.15, -0.1) is 10.2 Å². The molecule has 0 unspecified atom stereocenters. The molecule has 0 aliphatic rings. The monoisotopic (exact) mass is 418 g/mol. The minimum Gasteiger partial charge on any atom is -0.493 e. The molecule has 0 bridgehead atoms. The average molecular weight is 418 g/mol. The van der Waals surface area contributed by atoms with Crippen molar-refractivity contribution in [2.24, 2.45) is 0 Å². The first-order valence-corrected chi connectivity index (χ1v) is 9.74. The highest BCUT2D eigenvalue weighted by Gasteiger charge is 2.07. The summed E-state index contributed by atoms with van der Waals surface area (Å²) in [5.74, 6) is 0.648. The molecular weight excluding hydrogens is 400 g/mol. The van der Waals surface area contributed by atoms with Crippen LogP contribution >= 0.6 is 0 Å². The molecule has 0 saturated carbocycles. The Bertz CT molecular complexity index is 1390. The molecule has 0 aliphatic carbocycles. The summed E-state index contributed by atoms with van der Waals surface area (Å²) in [6.45, 7) is 1.35. The molecule has 0 radical (unpaired) electrons. The molecule has 156 valence electrons. The first kappa shape index (κ1) is 18.8. The Balaban J connectivity index is 1.11. The van der Waals surface area contributed by atoms with Crippen molar-refractivity contribution in [3.63, 3.8) is 0 Å². The number of nitrogens with zero attached hydrogens (tertiary/aromatic N) is 6. The number of rotatable bonds is 8. The quantitative estimate of drug-likeness (QED) is 0.279. The predicted octanol–water partition coefficient (Wildman–Crippen LogP) is 2.23. The van der Waals surface area contributed by atoms with Crippen molar-refractivity contribution >= 4 is 22.0 Å². The zero-order valence-electron chi connectivity index (χ0n) is 16.4. The fourth-order valence-corrected chi connectivity index (χ4v) is 3.13. The normalized spacial score (nSPS) is 11.2. The van der Waals surface area contributed by atoms with Crippen molar-refractivity contribution in [1.29, 1.82) is 0 Å². The summed E-state index contributed by atoms with van der Waals surface area (Å²) in [6.07, 6.45) is 2.55. The first-order chi connectivity index (χ1) is 15.2. The van der Waals surface area contributed by atoms with Crippen molar-refractivity contribution in [2.75, 3.05) is 6.61 Å². The van der Waals surface area contributed by atoms with Crippen molar-refractivity contribution in [3.05, 3.63) is 76.9 Å². The molecule has 0 fully saturated rings. The molecule has 0 spiro atoms. The summed E-state index contributed by atoms with van der Waals surface area (Å²) in [5, 5.41) is 17.1. The lowest BCUT2D eigenvalue weighted by Crippen LogP contribution is -2.13. The fourth-order valence-electron chi connectivity index (χ4n) is 3.13. The third kappa shape index (κ3) is 4.22. The van der Waals surface area contributed by atoms with Gasteiger partial charge in [-0.25, -0.2) is 4.79 Å². The molecule has 31 heavy (non-hydrogen) atoms. The lowest BCUT2D eigenvalue weighted by atomic mass is 10.2. The molecule has 10 nitrogen and oxygen atoms in total. The predicted molar refractivity (Wildman–Crippen MR) is 110 cm³/mol. The van der Waals surface area contributed by atoms with Gasteiger partial charge in [0.05, 0.1) is 12.8 Å². The minimum absolute atomic E-state index is 0.228. The zero-order valence-corrected chi connectivity index (χ0v) is 16.4. The minimum atomic E-state index is -0.382. The summed E-state index contributed by atoms with van der Waals surface area (Å²) in [4.78, 5) is 18.4. The van der Waals surface area contributed by atoms with Gasteiger partial charge in [0.15, 0.2) is 6.61 Å². The second-order valence-electron chi connectivity index (χ2n) is 6.85. The molecule has 5 aromatic rings. The summed E-state index contributed by atoms with van der Waals surface area (Å²) < 4.78 is 12.7. The number of hydrogen-bond donors (Lipinski definition) is 0. The van der Waals surface area contributed by atoms with Crippen LogP contribution in [-0.4, -0.2) is 36.8 Å². The summed E-state index contributed by atoms with van der Waals surface area (Å²) in [7, 11) is 0. The van der Waals surface area contributed by atoms with E-state index in [1.807, 2.05) is 42.6 Å². The Hall–Kier alpha value is -4.21. The van der Waals surface area contributed by atoms with Gasteiger partial charge < -0.3 is 14.0 Å². The maximum absolute atomic E-state index is 11.3. The molecule has 0 N–H and O–H groups in total. The van der Waals surface area contributed by atoms with E-state index < -0.39 is 0 Å². The van der Waals surface area contributed by atoms with Crippen LogP contribution in [0.5, 0.6) is 5.75 Å². The van der Waals surface area contributed by atoms with Crippen LogP contribution < -0.4 is 15.2 Å². The smallest absolute Gasteiger partial charge is 0.336 e. The number of ether oxygens (including phenoxy) is 1. The Morgan fingerprint density at radius 3 is 2.87 bits per heavy atom. The van der Waals surface area contributed by atoms with E-state index >= 15 is 0 Å². The van der Waals surface area contributed by atoms with E-state index in [9.17, 15) is 4.79 Å². The highest BCUT2D eigenvalue weighted by atomic mass is 16.7. The number of aryl methyl sites for hydroxylation is 1. The van der Waals surface area contributed by atoms with Gasteiger partial charge in [-0.2, -0.15) is 0 Å². The molecule has 0 saturated heterocycles. The molecule has 0 aliphatic heterocycles. The van der Waals surface area contributed by atoms with E-state index in [-0.39, 0.29) is 12.2 Å². The van der Waals surface area contributed by atoms with Crippen LogP contribution in [0.1, 0.15) is 12.1 Å². The van der Waals surface area contributed by atoms with Crippen molar-refractivity contribution in [1.82, 2.24) is 30.2 Å². The van der Waals surface area contributed by atoms with E-state index in [1.54, 1.807) is 16.8 Å². The van der Waals surface area contributed by atoms with Crippen LogP contribution in [0.25, 0.3) is 22.0 Å². The van der Waals surface area contributed by atoms with Crippen LogP contribution in [0.2, 0.25) is 0 Å².